The van der Waals surface area contributed by atoms with Gasteiger partial charge in [0.15, 0.2) is 0 Å². The third-order valence-corrected chi connectivity index (χ3v) is 2.69. The van der Waals surface area contributed by atoms with E-state index < -0.39 is 0 Å². The normalized spacial score (nSPS) is 12.9. The number of aliphatic hydroxyl groups is 1. The average Bonchev–Trinajstić information content (AvgIpc) is 2.09. The van der Waals surface area contributed by atoms with Crippen LogP contribution in [0.3, 0.4) is 0 Å². The lowest BCUT2D eigenvalue weighted by Gasteiger charge is -2.08. The quantitative estimate of drug-likeness (QED) is 0.900. The summed E-state index contributed by atoms with van der Waals surface area (Å²) < 4.78 is 6.09. The number of ether oxygens (including phenoxy) is 1. The summed E-state index contributed by atoms with van der Waals surface area (Å²) in [5, 5.41) is 9.23. The molecule has 0 saturated heterocycles. The maximum atomic E-state index is 9.23. The van der Waals surface area contributed by atoms with E-state index in [-0.39, 0.29) is 6.10 Å². The van der Waals surface area contributed by atoms with Crippen LogP contribution in [-0.4, -0.2) is 18.3 Å². The second-order valence-corrected chi connectivity index (χ2v) is 4.27. The van der Waals surface area contributed by atoms with Gasteiger partial charge in [-0.2, -0.15) is 0 Å². The van der Waals surface area contributed by atoms with Crippen LogP contribution in [0.15, 0.2) is 22.7 Å². The van der Waals surface area contributed by atoms with Gasteiger partial charge >= 0.3 is 0 Å². The van der Waals surface area contributed by atoms with Gasteiger partial charge in [-0.1, -0.05) is 28.1 Å². The van der Waals surface area contributed by atoms with Crippen molar-refractivity contribution in [3.05, 3.63) is 33.8 Å². The molecule has 14 heavy (non-hydrogen) atoms. The fourth-order valence-electron chi connectivity index (χ4n) is 1.33. The first-order chi connectivity index (χ1) is 6.63. The highest BCUT2D eigenvalue weighted by Gasteiger charge is 2.03. The summed E-state index contributed by atoms with van der Waals surface area (Å²) in [6.07, 6.45) is 0.390. The maximum absolute atomic E-state index is 9.23. The highest BCUT2D eigenvalue weighted by atomic mass is 79.9. The molecule has 0 spiro atoms. The van der Waals surface area contributed by atoms with Crippen molar-refractivity contribution in [1.82, 2.24) is 0 Å². The number of halogens is 1. The Hall–Kier alpha value is -0.380. The van der Waals surface area contributed by atoms with E-state index in [2.05, 4.69) is 15.9 Å². The standard InChI is InChI=1S/C11H15BrO2/c1-8(13)5-9-3-4-10(7-14-2)11(12)6-9/h3-4,6,8,13H,5,7H2,1-2H3. The van der Waals surface area contributed by atoms with Gasteiger partial charge in [0, 0.05) is 11.6 Å². The van der Waals surface area contributed by atoms with Gasteiger partial charge < -0.3 is 9.84 Å². The number of hydrogen-bond donors (Lipinski definition) is 1. The van der Waals surface area contributed by atoms with Crippen LogP contribution in [0.5, 0.6) is 0 Å². The molecule has 0 aliphatic rings. The molecule has 1 aromatic rings. The van der Waals surface area contributed by atoms with Crippen molar-refractivity contribution in [3.8, 4) is 0 Å². The minimum atomic E-state index is -0.296. The molecule has 1 atom stereocenters. The Balaban J connectivity index is 2.78. The molecule has 1 aromatic carbocycles. The Labute approximate surface area is 93.0 Å². The van der Waals surface area contributed by atoms with Crippen LogP contribution in [0.2, 0.25) is 0 Å². The van der Waals surface area contributed by atoms with E-state index in [1.165, 1.54) is 0 Å². The Morgan fingerprint density at radius 1 is 1.50 bits per heavy atom. The number of hydrogen-bond acceptors (Lipinski definition) is 2. The molecule has 0 fully saturated rings. The van der Waals surface area contributed by atoms with E-state index in [0.29, 0.717) is 13.0 Å². The van der Waals surface area contributed by atoms with Gasteiger partial charge in [0.1, 0.15) is 0 Å². The monoisotopic (exact) mass is 258 g/mol. The number of benzene rings is 1. The summed E-state index contributed by atoms with van der Waals surface area (Å²) in [5.41, 5.74) is 2.26. The van der Waals surface area contributed by atoms with Crippen LogP contribution < -0.4 is 0 Å². The molecule has 3 heteroatoms. The molecule has 1 unspecified atom stereocenters. The van der Waals surface area contributed by atoms with Crippen LogP contribution in [-0.2, 0) is 17.8 Å². The zero-order chi connectivity index (χ0) is 10.6. The van der Waals surface area contributed by atoms with Crippen molar-refractivity contribution >= 4 is 15.9 Å². The summed E-state index contributed by atoms with van der Waals surface area (Å²) >= 11 is 3.48. The molecule has 0 amide bonds. The molecule has 0 bridgehead atoms. The first kappa shape index (κ1) is 11.7. The summed E-state index contributed by atoms with van der Waals surface area (Å²) in [7, 11) is 1.68. The van der Waals surface area contributed by atoms with Crippen LogP contribution in [0, 0.1) is 0 Å². The lowest BCUT2D eigenvalue weighted by Crippen LogP contribution is -2.04. The zero-order valence-electron chi connectivity index (χ0n) is 8.46. The summed E-state index contributed by atoms with van der Waals surface area (Å²) in [5.74, 6) is 0. The smallest absolute Gasteiger partial charge is 0.0724 e. The average molecular weight is 259 g/mol. The van der Waals surface area contributed by atoms with E-state index in [1.54, 1.807) is 14.0 Å². The van der Waals surface area contributed by atoms with Crippen LogP contribution in [0.4, 0.5) is 0 Å². The van der Waals surface area contributed by atoms with Crippen LogP contribution in [0.1, 0.15) is 18.1 Å². The Morgan fingerprint density at radius 2 is 2.21 bits per heavy atom. The number of methoxy groups -OCH3 is 1. The van der Waals surface area contributed by atoms with Gasteiger partial charge in [-0.15, -0.1) is 0 Å². The van der Waals surface area contributed by atoms with E-state index in [4.69, 9.17) is 4.74 Å². The van der Waals surface area contributed by atoms with Gasteiger partial charge in [0.25, 0.3) is 0 Å². The summed E-state index contributed by atoms with van der Waals surface area (Å²) in [6.45, 7) is 2.40. The fourth-order valence-corrected chi connectivity index (χ4v) is 1.87. The fraction of sp³-hybridized carbons (Fsp3) is 0.455. The molecular weight excluding hydrogens is 244 g/mol. The molecule has 0 saturated carbocycles. The second-order valence-electron chi connectivity index (χ2n) is 3.41. The molecular formula is C11H15BrO2. The van der Waals surface area contributed by atoms with Crippen LogP contribution >= 0.6 is 15.9 Å². The largest absolute Gasteiger partial charge is 0.393 e. The lowest BCUT2D eigenvalue weighted by atomic mass is 10.1. The Bertz CT molecular complexity index is 297. The molecule has 0 radical (unpaired) electrons. The van der Waals surface area contributed by atoms with Crippen molar-refractivity contribution in [2.45, 2.75) is 26.1 Å². The van der Waals surface area contributed by atoms with E-state index >= 15 is 0 Å². The van der Waals surface area contributed by atoms with Gasteiger partial charge in [-0.05, 0) is 30.5 Å². The van der Waals surface area contributed by atoms with E-state index in [0.717, 1.165) is 15.6 Å². The topological polar surface area (TPSA) is 29.5 Å². The third kappa shape index (κ3) is 3.40. The Morgan fingerprint density at radius 3 is 2.71 bits per heavy atom. The molecule has 0 aromatic heterocycles. The first-order valence-corrected chi connectivity index (χ1v) is 5.37. The molecule has 78 valence electrons. The van der Waals surface area contributed by atoms with Crippen molar-refractivity contribution in [1.29, 1.82) is 0 Å². The van der Waals surface area contributed by atoms with Crippen molar-refractivity contribution in [2.75, 3.05) is 7.11 Å². The van der Waals surface area contributed by atoms with Gasteiger partial charge in [-0.25, -0.2) is 0 Å². The zero-order valence-corrected chi connectivity index (χ0v) is 10.0. The SMILES string of the molecule is COCc1ccc(CC(C)O)cc1Br. The highest BCUT2D eigenvalue weighted by molar-refractivity contribution is 9.10. The minimum Gasteiger partial charge on any atom is -0.393 e. The van der Waals surface area contributed by atoms with Gasteiger partial charge in [0.2, 0.25) is 0 Å². The predicted octanol–water partition coefficient (Wildman–Crippen LogP) is 2.52. The van der Waals surface area contributed by atoms with Crippen molar-refractivity contribution < 1.29 is 9.84 Å². The van der Waals surface area contributed by atoms with E-state index in [9.17, 15) is 5.11 Å². The van der Waals surface area contributed by atoms with E-state index in [1.807, 2.05) is 18.2 Å². The second kappa shape index (κ2) is 5.49. The predicted molar refractivity (Wildman–Crippen MR) is 60.2 cm³/mol. The Kier molecular flexibility index (Phi) is 4.58. The summed E-state index contributed by atoms with van der Waals surface area (Å²) in [4.78, 5) is 0. The maximum Gasteiger partial charge on any atom is 0.0724 e. The minimum absolute atomic E-state index is 0.296. The van der Waals surface area contributed by atoms with Crippen LogP contribution in [0.25, 0.3) is 0 Å². The molecule has 0 aliphatic carbocycles. The van der Waals surface area contributed by atoms with Gasteiger partial charge in [-0.3, -0.25) is 0 Å². The van der Waals surface area contributed by atoms with Crippen molar-refractivity contribution in [3.63, 3.8) is 0 Å². The lowest BCUT2D eigenvalue weighted by molar-refractivity contribution is 0.184. The number of aliphatic hydroxyl groups excluding tert-OH is 1. The van der Waals surface area contributed by atoms with Crippen molar-refractivity contribution in [2.24, 2.45) is 0 Å². The number of rotatable bonds is 4. The molecule has 1 rings (SSSR count). The molecule has 1 N–H and O–H groups in total. The molecule has 0 heterocycles. The first-order valence-electron chi connectivity index (χ1n) is 4.57. The third-order valence-electron chi connectivity index (χ3n) is 1.95. The van der Waals surface area contributed by atoms with Gasteiger partial charge in [0.05, 0.1) is 12.7 Å². The molecule has 0 aliphatic heterocycles. The summed E-state index contributed by atoms with van der Waals surface area (Å²) in [6, 6.07) is 6.07. The highest BCUT2D eigenvalue weighted by Crippen LogP contribution is 2.20. The molecule has 2 nitrogen and oxygen atoms in total.